The summed E-state index contributed by atoms with van der Waals surface area (Å²) in [7, 11) is 0. The van der Waals surface area contributed by atoms with E-state index in [2.05, 4.69) is 17.3 Å². The summed E-state index contributed by atoms with van der Waals surface area (Å²) >= 11 is 0. The molecule has 0 amide bonds. The van der Waals surface area contributed by atoms with E-state index in [1.165, 1.54) is 19.3 Å². The highest BCUT2D eigenvalue weighted by Gasteiger charge is 2.25. The van der Waals surface area contributed by atoms with Gasteiger partial charge in [-0.25, -0.2) is 4.68 Å². The second kappa shape index (κ2) is 6.97. The molecule has 1 fully saturated rings. The highest BCUT2D eigenvalue weighted by molar-refractivity contribution is 5.64. The summed E-state index contributed by atoms with van der Waals surface area (Å²) in [5, 5.41) is 17.5. The largest absolute Gasteiger partial charge is 0.396 e. The van der Waals surface area contributed by atoms with Crippen LogP contribution in [0.15, 0.2) is 0 Å². The number of nitrogens with zero attached hydrogens (tertiary/aromatic N) is 2. The number of nitrogens with one attached hydrogen (secondary N) is 1. The standard InChI is InChI=1S/C15H28N4O/c1-3-8-19-15(14(16)11(2)18-19)17-9-12-6-4-5-7-13(12)10-20/h12-13,17,20H,3-10,16H2,1-2H3. The Kier molecular flexibility index (Phi) is 5.29. The average molecular weight is 280 g/mol. The van der Waals surface area contributed by atoms with Gasteiger partial charge in [-0.15, -0.1) is 0 Å². The van der Waals surface area contributed by atoms with Crippen molar-refractivity contribution in [1.29, 1.82) is 0 Å². The van der Waals surface area contributed by atoms with E-state index < -0.39 is 0 Å². The number of aryl methyl sites for hydroxylation is 2. The van der Waals surface area contributed by atoms with E-state index in [-0.39, 0.29) is 0 Å². The van der Waals surface area contributed by atoms with E-state index >= 15 is 0 Å². The van der Waals surface area contributed by atoms with E-state index in [1.54, 1.807) is 0 Å². The van der Waals surface area contributed by atoms with E-state index in [9.17, 15) is 5.11 Å². The number of aliphatic hydroxyl groups is 1. The molecule has 0 spiro atoms. The van der Waals surface area contributed by atoms with Crippen LogP contribution < -0.4 is 11.1 Å². The second-order valence-electron chi connectivity index (χ2n) is 5.94. The minimum atomic E-state index is 0.301. The molecule has 2 rings (SSSR count). The van der Waals surface area contributed by atoms with Gasteiger partial charge in [-0.2, -0.15) is 5.10 Å². The smallest absolute Gasteiger partial charge is 0.148 e. The fourth-order valence-corrected chi connectivity index (χ4v) is 3.18. The zero-order valence-corrected chi connectivity index (χ0v) is 12.7. The first-order valence-corrected chi connectivity index (χ1v) is 7.85. The molecule has 2 unspecified atom stereocenters. The van der Waals surface area contributed by atoms with Crippen LogP contribution in [0, 0.1) is 18.8 Å². The van der Waals surface area contributed by atoms with E-state index in [4.69, 9.17) is 5.73 Å². The second-order valence-corrected chi connectivity index (χ2v) is 5.94. The number of nitrogens with two attached hydrogens (primary N) is 1. The lowest BCUT2D eigenvalue weighted by molar-refractivity contribution is 0.141. The van der Waals surface area contributed by atoms with Gasteiger partial charge in [0.05, 0.1) is 11.4 Å². The SMILES string of the molecule is CCCn1nc(C)c(N)c1NCC1CCCCC1CO. The van der Waals surface area contributed by atoms with Crippen LogP contribution >= 0.6 is 0 Å². The van der Waals surface area contributed by atoms with Gasteiger partial charge in [0.25, 0.3) is 0 Å². The fraction of sp³-hybridized carbons (Fsp3) is 0.800. The van der Waals surface area contributed by atoms with Gasteiger partial charge in [-0.3, -0.25) is 0 Å². The molecule has 1 saturated carbocycles. The molecule has 0 radical (unpaired) electrons. The van der Waals surface area contributed by atoms with Crippen molar-refractivity contribution < 1.29 is 5.11 Å². The first kappa shape index (κ1) is 15.2. The predicted octanol–water partition coefficient (Wildman–Crippen LogP) is 2.39. The van der Waals surface area contributed by atoms with Gasteiger partial charge in [-0.05, 0) is 38.0 Å². The lowest BCUT2D eigenvalue weighted by Gasteiger charge is -2.30. The first-order valence-electron chi connectivity index (χ1n) is 7.85. The summed E-state index contributed by atoms with van der Waals surface area (Å²) in [5.41, 5.74) is 7.77. The van der Waals surface area contributed by atoms with Crippen molar-refractivity contribution in [2.45, 2.75) is 52.5 Å². The van der Waals surface area contributed by atoms with Crippen molar-refractivity contribution in [2.75, 3.05) is 24.2 Å². The Bertz CT molecular complexity index is 430. The highest BCUT2D eigenvalue weighted by atomic mass is 16.3. The third-order valence-electron chi connectivity index (χ3n) is 4.44. The highest BCUT2D eigenvalue weighted by Crippen LogP contribution is 2.31. The lowest BCUT2D eigenvalue weighted by atomic mass is 9.79. The number of hydrogen-bond acceptors (Lipinski definition) is 4. The average Bonchev–Trinajstić information content (AvgIpc) is 2.72. The summed E-state index contributed by atoms with van der Waals surface area (Å²) in [4.78, 5) is 0. The summed E-state index contributed by atoms with van der Waals surface area (Å²) in [5.74, 6) is 1.92. The zero-order valence-electron chi connectivity index (χ0n) is 12.7. The van der Waals surface area contributed by atoms with Crippen molar-refractivity contribution >= 4 is 11.5 Å². The van der Waals surface area contributed by atoms with Crippen molar-refractivity contribution in [1.82, 2.24) is 9.78 Å². The maximum Gasteiger partial charge on any atom is 0.148 e. The van der Waals surface area contributed by atoms with Gasteiger partial charge in [0.2, 0.25) is 0 Å². The summed E-state index contributed by atoms with van der Waals surface area (Å²) in [6.45, 7) is 6.15. The molecule has 20 heavy (non-hydrogen) atoms. The molecule has 4 N–H and O–H groups in total. The molecule has 5 heteroatoms. The molecule has 1 aromatic heterocycles. The number of hydrogen-bond donors (Lipinski definition) is 3. The molecule has 0 aromatic carbocycles. The molecule has 2 atom stereocenters. The van der Waals surface area contributed by atoms with E-state index in [1.807, 2.05) is 11.6 Å². The number of rotatable bonds is 6. The normalized spacial score (nSPS) is 22.9. The molecule has 0 aliphatic heterocycles. The lowest BCUT2D eigenvalue weighted by Crippen LogP contribution is -2.29. The van der Waals surface area contributed by atoms with Crippen LogP contribution in [0.5, 0.6) is 0 Å². The van der Waals surface area contributed by atoms with Crippen LogP contribution in [-0.2, 0) is 6.54 Å². The van der Waals surface area contributed by atoms with Crippen LogP contribution in [0.25, 0.3) is 0 Å². The molecular formula is C15H28N4O. The molecule has 1 aliphatic carbocycles. The minimum absolute atomic E-state index is 0.301. The van der Waals surface area contributed by atoms with Crippen molar-refractivity contribution in [3.8, 4) is 0 Å². The molecule has 0 saturated heterocycles. The summed E-state index contributed by atoms with van der Waals surface area (Å²) in [6.07, 6.45) is 5.89. The quantitative estimate of drug-likeness (QED) is 0.748. The Balaban J connectivity index is 2.02. The monoisotopic (exact) mass is 280 g/mol. The Labute approximate surface area is 121 Å². The van der Waals surface area contributed by atoms with Crippen LogP contribution in [0.1, 0.15) is 44.7 Å². The third kappa shape index (κ3) is 3.26. The maximum absolute atomic E-state index is 9.49. The Morgan fingerprint density at radius 3 is 2.70 bits per heavy atom. The summed E-state index contributed by atoms with van der Waals surface area (Å²) in [6, 6.07) is 0. The van der Waals surface area contributed by atoms with Gasteiger partial charge in [-0.1, -0.05) is 19.8 Å². The van der Waals surface area contributed by atoms with Gasteiger partial charge >= 0.3 is 0 Å². The van der Waals surface area contributed by atoms with Crippen molar-refractivity contribution in [3.63, 3.8) is 0 Å². The molecule has 1 heterocycles. The molecule has 1 aliphatic rings. The van der Waals surface area contributed by atoms with Gasteiger partial charge < -0.3 is 16.2 Å². The molecule has 1 aromatic rings. The number of aromatic nitrogens is 2. The number of nitrogen functional groups attached to an aromatic ring is 1. The van der Waals surface area contributed by atoms with Crippen molar-refractivity contribution in [3.05, 3.63) is 5.69 Å². The number of anilines is 2. The van der Waals surface area contributed by atoms with Crippen molar-refractivity contribution in [2.24, 2.45) is 11.8 Å². The van der Waals surface area contributed by atoms with Crippen LogP contribution in [-0.4, -0.2) is 28.0 Å². The third-order valence-corrected chi connectivity index (χ3v) is 4.44. The fourth-order valence-electron chi connectivity index (χ4n) is 3.18. The van der Waals surface area contributed by atoms with Gasteiger partial charge in [0.1, 0.15) is 5.82 Å². The topological polar surface area (TPSA) is 76.1 Å². The van der Waals surface area contributed by atoms with E-state index in [0.29, 0.717) is 18.4 Å². The van der Waals surface area contributed by atoms with E-state index in [0.717, 1.165) is 43.1 Å². The van der Waals surface area contributed by atoms with Crippen LogP contribution in [0.3, 0.4) is 0 Å². The van der Waals surface area contributed by atoms with Crippen LogP contribution in [0.2, 0.25) is 0 Å². The Morgan fingerprint density at radius 1 is 1.35 bits per heavy atom. The minimum Gasteiger partial charge on any atom is -0.396 e. The Morgan fingerprint density at radius 2 is 2.05 bits per heavy atom. The summed E-state index contributed by atoms with van der Waals surface area (Å²) < 4.78 is 1.97. The van der Waals surface area contributed by atoms with Crippen LogP contribution in [0.4, 0.5) is 11.5 Å². The molecular weight excluding hydrogens is 252 g/mol. The van der Waals surface area contributed by atoms with Gasteiger partial charge in [0.15, 0.2) is 0 Å². The molecule has 5 nitrogen and oxygen atoms in total. The maximum atomic E-state index is 9.49. The zero-order chi connectivity index (χ0) is 14.5. The predicted molar refractivity (Wildman–Crippen MR) is 82.7 cm³/mol. The first-order chi connectivity index (χ1) is 9.67. The van der Waals surface area contributed by atoms with Gasteiger partial charge in [0, 0.05) is 19.7 Å². The molecule has 0 bridgehead atoms. The Hall–Kier alpha value is -1.23. The molecule has 114 valence electrons. The number of aliphatic hydroxyl groups excluding tert-OH is 1.